The van der Waals surface area contributed by atoms with Crippen LogP contribution in [0.5, 0.6) is 0 Å². The molecule has 0 bridgehead atoms. The van der Waals surface area contributed by atoms with Crippen LogP contribution >= 0.6 is 0 Å². The van der Waals surface area contributed by atoms with Crippen LogP contribution in [0, 0.1) is 0 Å². The summed E-state index contributed by atoms with van der Waals surface area (Å²) in [4.78, 5) is 50.6. The number of likely N-dealkylation sites (tertiary alicyclic amines) is 1. The Labute approximate surface area is 257 Å². The Bertz CT molecular complexity index is 1610. The van der Waals surface area contributed by atoms with Crippen molar-refractivity contribution in [2.45, 2.75) is 51.0 Å². The second-order valence-corrected chi connectivity index (χ2v) is 10.2. The third-order valence-electron chi connectivity index (χ3n) is 6.69. The van der Waals surface area contributed by atoms with Gasteiger partial charge in [-0.25, -0.2) is 14.6 Å². The molecule has 2 N–H and O–H groups in total. The largest absolute Gasteiger partial charge is 0.490 e. The Morgan fingerprint density at radius 1 is 0.891 bits per heavy atom. The van der Waals surface area contributed by atoms with Crippen molar-refractivity contribution in [2.75, 3.05) is 13.1 Å². The van der Waals surface area contributed by atoms with Crippen LogP contribution in [0.1, 0.15) is 54.7 Å². The van der Waals surface area contributed by atoms with Gasteiger partial charge in [-0.3, -0.25) is 19.7 Å². The molecule has 0 aromatic carbocycles. The van der Waals surface area contributed by atoms with Crippen LogP contribution in [-0.2, 0) is 9.59 Å². The minimum atomic E-state index is -5.08. The molecule has 1 aliphatic rings. The maximum atomic E-state index is 12.8. The minimum absolute atomic E-state index is 0.0724. The maximum Gasteiger partial charge on any atom is 0.490 e. The number of aliphatic carboxylic acids is 2. The van der Waals surface area contributed by atoms with Gasteiger partial charge in [-0.1, -0.05) is 0 Å². The van der Waals surface area contributed by atoms with E-state index in [0.29, 0.717) is 17.5 Å². The molecule has 0 unspecified atom stereocenters. The highest BCUT2D eigenvalue weighted by Crippen LogP contribution is 2.34. The third kappa shape index (κ3) is 9.21. The molecule has 11 nitrogen and oxygen atoms in total. The first-order valence-corrected chi connectivity index (χ1v) is 13.6. The van der Waals surface area contributed by atoms with Gasteiger partial charge in [-0.05, 0) is 57.0 Å². The average molecular weight is 655 g/mol. The Balaban J connectivity index is 0.000000345. The Morgan fingerprint density at radius 2 is 1.46 bits per heavy atom. The molecule has 1 fully saturated rings. The molecule has 0 radical (unpaired) electrons. The van der Waals surface area contributed by atoms with Crippen molar-refractivity contribution >= 4 is 28.9 Å². The lowest BCUT2D eigenvalue weighted by Crippen LogP contribution is -2.38. The molecule has 1 aliphatic heterocycles. The van der Waals surface area contributed by atoms with E-state index < -0.39 is 24.3 Å². The van der Waals surface area contributed by atoms with Gasteiger partial charge >= 0.3 is 24.3 Å². The molecule has 4 aromatic heterocycles. The van der Waals surface area contributed by atoms with Gasteiger partial charge in [0.2, 0.25) is 0 Å². The van der Waals surface area contributed by atoms with Crippen LogP contribution in [0.15, 0.2) is 61.4 Å². The summed E-state index contributed by atoms with van der Waals surface area (Å²) >= 11 is 0. The molecule has 0 saturated carbocycles. The van der Waals surface area contributed by atoms with Crippen molar-refractivity contribution in [2.24, 2.45) is 0 Å². The van der Waals surface area contributed by atoms with E-state index in [1.807, 2.05) is 29.6 Å². The van der Waals surface area contributed by atoms with Crippen LogP contribution in [0.2, 0.25) is 0 Å². The molecular formula is C29H28F6N6O5. The number of aromatic nitrogens is 5. The number of pyridine rings is 3. The zero-order chi connectivity index (χ0) is 34.2. The van der Waals surface area contributed by atoms with Crippen molar-refractivity contribution in [1.29, 1.82) is 0 Å². The summed E-state index contributed by atoms with van der Waals surface area (Å²) in [5, 5.41) is 14.2. The zero-order valence-electron chi connectivity index (χ0n) is 24.3. The molecule has 246 valence electrons. The number of imidazole rings is 1. The maximum absolute atomic E-state index is 12.8. The third-order valence-corrected chi connectivity index (χ3v) is 6.69. The van der Waals surface area contributed by atoms with E-state index in [0.717, 1.165) is 53.9 Å². The van der Waals surface area contributed by atoms with E-state index >= 15 is 0 Å². The summed E-state index contributed by atoms with van der Waals surface area (Å²) < 4.78 is 65.7. The number of nitrogens with zero attached hydrogens (tertiary/aromatic N) is 6. The number of hydrogen-bond acceptors (Lipinski definition) is 7. The predicted octanol–water partition coefficient (Wildman–Crippen LogP) is 5.76. The zero-order valence-corrected chi connectivity index (χ0v) is 24.3. The predicted molar refractivity (Wildman–Crippen MR) is 151 cm³/mol. The molecular weight excluding hydrogens is 626 g/mol. The number of carboxylic acids is 2. The van der Waals surface area contributed by atoms with Crippen molar-refractivity contribution in [3.63, 3.8) is 0 Å². The fraction of sp³-hybridized carbons (Fsp3) is 0.345. The van der Waals surface area contributed by atoms with Crippen LogP contribution in [0.4, 0.5) is 26.3 Å². The van der Waals surface area contributed by atoms with E-state index in [9.17, 15) is 31.1 Å². The smallest absolute Gasteiger partial charge is 0.475 e. The van der Waals surface area contributed by atoms with E-state index in [4.69, 9.17) is 24.8 Å². The molecule has 0 atom stereocenters. The minimum Gasteiger partial charge on any atom is -0.475 e. The van der Waals surface area contributed by atoms with E-state index in [1.165, 1.54) is 0 Å². The highest BCUT2D eigenvalue weighted by atomic mass is 19.4. The first kappa shape index (κ1) is 35.4. The van der Waals surface area contributed by atoms with Crippen molar-refractivity contribution < 1.29 is 50.9 Å². The lowest BCUT2D eigenvalue weighted by atomic mass is 9.92. The number of fused-ring (bicyclic) bond motifs is 1. The highest BCUT2D eigenvalue weighted by Gasteiger charge is 2.39. The molecule has 17 heteroatoms. The molecule has 1 saturated heterocycles. The van der Waals surface area contributed by atoms with Gasteiger partial charge in [-0.2, -0.15) is 26.3 Å². The molecule has 0 spiro atoms. The first-order chi connectivity index (χ1) is 21.5. The SMILES string of the molecule is CC(C)n1cnc2c(-c3cccnc3)nc(C3CCN(C(=O)c4ccncc4)CC3)cc21.O=C(O)C(F)(F)F.O=C(O)C(F)(F)F. The standard InChI is InChI=1S/C25H26N6O.2C2HF3O2/c1-17(2)31-16-28-24-22(31)14-21(29-23(24)20-4-3-9-27-15-20)18-7-12-30(13-8-18)25(32)19-5-10-26-11-6-19;2*3-2(4,5)1(6)7/h3-6,9-11,14-18H,7-8,12-13H2,1-2H3;2*(H,6,7). The summed E-state index contributed by atoms with van der Waals surface area (Å²) in [5.41, 5.74) is 5.60. The molecule has 5 rings (SSSR count). The summed E-state index contributed by atoms with van der Waals surface area (Å²) in [7, 11) is 0. The quantitative estimate of drug-likeness (QED) is 0.262. The van der Waals surface area contributed by atoms with Crippen LogP contribution in [-0.4, -0.2) is 82.9 Å². The number of carboxylic acid groups (broad SMARTS) is 2. The van der Waals surface area contributed by atoms with Gasteiger partial charge in [0.1, 0.15) is 5.52 Å². The Hall–Kier alpha value is -5.09. The number of amides is 1. The number of rotatable bonds is 4. The fourth-order valence-corrected chi connectivity index (χ4v) is 4.43. The van der Waals surface area contributed by atoms with Crippen molar-refractivity contribution in [3.8, 4) is 11.3 Å². The average Bonchev–Trinajstić information content (AvgIpc) is 3.45. The Morgan fingerprint density at radius 3 is 1.93 bits per heavy atom. The first-order valence-electron chi connectivity index (χ1n) is 13.6. The topological polar surface area (TPSA) is 151 Å². The number of carbonyl (C=O) groups excluding carboxylic acids is 1. The summed E-state index contributed by atoms with van der Waals surface area (Å²) in [5.74, 6) is -5.14. The van der Waals surface area contributed by atoms with Gasteiger partial charge < -0.3 is 19.7 Å². The van der Waals surface area contributed by atoms with Gasteiger partial charge in [0.05, 0.1) is 17.5 Å². The number of hydrogen-bond donors (Lipinski definition) is 2. The molecule has 0 aliphatic carbocycles. The van der Waals surface area contributed by atoms with E-state index in [-0.39, 0.29) is 5.91 Å². The Kier molecular flexibility index (Phi) is 11.4. The van der Waals surface area contributed by atoms with Crippen LogP contribution < -0.4 is 0 Å². The summed E-state index contributed by atoms with van der Waals surface area (Å²) in [6.07, 6.45) is 0.447. The van der Waals surface area contributed by atoms with E-state index in [1.54, 1.807) is 30.7 Å². The van der Waals surface area contributed by atoms with Gasteiger partial charge in [-0.15, -0.1) is 0 Å². The number of halogens is 6. The van der Waals surface area contributed by atoms with Crippen molar-refractivity contribution in [1.82, 2.24) is 29.4 Å². The molecule has 1 amide bonds. The molecule has 46 heavy (non-hydrogen) atoms. The fourth-order valence-electron chi connectivity index (χ4n) is 4.43. The van der Waals surface area contributed by atoms with Gasteiger partial charge in [0.15, 0.2) is 0 Å². The number of piperidine rings is 1. The molecule has 4 aromatic rings. The molecule has 5 heterocycles. The van der Waals surface area contributed by atoms with E-state index in [2.05, 4.69) is 39.4 Å². The van der Waals surface area contributed by atoms with Gasteiger partial charge in [0, 0.05) is 66.7 Å². The highest BCUT2D eigenvalue weighted by molar-refractivity contribution is 5.94. The van der Waals surface area contributed by atoms with Gasteiger partial charge in [0.25, 0.3) is 5.91 Å². The second kappa shape index (κ2) is 14.8. The lowest BCUT2D eigenvalue weighted by Gasteiger charge is -2.32. The number of carbonyl (C=O) groups is 3. The number of alkyl halides is 6. The van der Waals surface area contributed by atoms with Crippen LogP contribution in [0.3, 0.4) is 0 Å². The van der Waals surface area contributed by atoms with Crippen molar-refractivity contribution in [3.05, 3.63) is 72.7 Å². The monoisotopic (exact) mass is 654 g/mol. The summed E-state index contributed by atoms with van der Waals surface area (Å²) in [6, 6.07) is 10.00. The second-order valence-electron chi connectivity index (χ2n) is 10.2. The normalized spacial score (nSPS) is 13.8. The van der Waals surface area contributed by atoms with Crippen LogP contribution in [0.25, 0.3) is 22.3 Å². The lowest BCUT2D eigenvalue weighted by molar-refractivity contribution is -0.193. The summed E-state index contributed by atoms with van der Waals surface area (Å²) in [6.45, 7) is 5.76.